The summed E-state index contributed by atoms with van der Waals surface area (Å²) in [6.45, 7) is 26.0. The van der Waals surface area contributed by atoms with E-state index < -0.39 is 50.7 Å². The molecular weight excluding hydrogens is 1790 g/mol. The number of carbonyl (C=O) groups excluding carboxylic acids is 3. The molecule has 6 N–H and O–H groups in total. The molecular formula is C92H119Cl3F2N18O12S3. The van der Waals surface area contributed by atoms with Gasteiger partial charge in [0.1, 0.15) is 32.3 Å². The van der Waals surface area contributed by atoms with Crippen LogP contribution in [0.4, 0.5) is 78.2 Å². The normalized spacial score (nSPS) is 14.4. The van der Waals surface area contributed by atoms with Gasteiger partial charge in [0.25, 0.3) is 0 Å². The number of halogens is 5. The number of aryl methyl sites for hydroxylation is 3. The third-order valence-electron chi connectivity index (χ3n) is 22.1. The third kappa shape index (κ3) is 26.5. The van der Waals surface area contributed by atoms with E-state index in [0.29, 0.717) is 90.2 Å². The minimum atomic E-state index is -4.88. The van der Waals surface area contributed by atoms with Gasteiger partial charge in [-0.3, -0.25) is 14.4 Å². The van der Waals surface area contributed by atoms with E-state index in [-0.39, 0.29) is 102 Å². The lowest BCUT2D eigenvalue weighted by molar-refractivity contribution is -0.133. The van der Waals surface area contributed by atoms with Gasteiger partial charge in [0.05, 0.1) is 117 Å². The van der Waals surface area contributed by atoms with Crippen LogP contribution in [0.25, 0.3) is 0 Å². The summed E-state index contributed by atoms with van der Waals surface area (Å²) < 4.78 is 121. The maximum absolute atomic E-state index is 13.3. The van der Waals surface area contributed by atoms with Crippen LogP contribution in [0.3, 0.4) is 0 Å². The number of nitrogens with one attached hydrogen (secondary N) is 6. The molecule has 0 aliphatic carbocycles. The number of rotatable bonds is 32. The van der Waals surface area contributed by atoms with E-state index in [9.17, 15) is 48.4 Å². The van der Waals surface area contributed by atoms with Gasteiger partial charge >= 0.3 is 5.76 Å². The molecule has 30 nitrogen and oxygen atoms in total. The van der Waals surface area contributed by atoms with Crippen LogP contribution in [-0.2, 0) is 43.9 Å². The van der Waals surface area contributed by atoms with Gasteiger partial charge < -0.3 is 75.5 Å². The number of nitrogens with zero attached hydrogens (tertiary/aromatic N) is 12. The molecule has 0 atom stereocenters. The zero-order valence-corrected chi connectivity index (χ0v) is 81.4. The van der Waals surface area contributed by atoms with Gasteiger partial charge in [0, 0.05) is 39.3 Å². The Kier molecular flexibility index (Phi) is 35.4. The summed E-state index contributed by atoms with van der Waals surface area (Å²) >= 11 is 19.2. The highest BCUT2D eigenvalue weighted by atomic mass is 35.5. The average Bonchev–Trinajstić information content (AvgIpc) is 0.808. The summed E-state index contributed by atoms with van der Waals surface area (Å²) in [5, 5.41) is 18.0. The molecule has 3 amide bonds. The number of hydrogen-bond acceptors (Lipinski definition) is 27. The maximum Gasteiger partial charge on any atom is 0.341 e. The lowest BCUT2D eigenvalue weighted by Gasteiger charge is -2.34. The highest BCUT2D eigenvalue weighted by Gasteiger charge is 2.34. The molecule has 6 aromatic carbocycles. The molecule has 9 aromatic rings. The van der Waals surface area contributed by atoms with Gasteiger partial charge in [0.15, 0.2) is 37.1 Å². The number of hydrogen-bond donors (Lipinski definition) is 6. The topological polar surface area (TPSA) is 350 Å². The summed E-state index contributed by atoms with van der Waals surface area (Å²) in [6.07, 6.45) is 9.27. The average molecular weight is 1910 g/mol. The van der Waals surface area contributed by atoms with E-state index in [1.807, 2.05) is 137 Å². The van der Waals surface area contributed by atoms with Crippen molar-refractivity contribution in [1.82, 2.24) is 59.3 Å². The minimum Gasteiger partial charge on any atom is -0.495 e. The maximum atomic E-state index is 13.3. The van der Waals surface area contributed by atoms with E-state index in [2.05, 4.69) is 81.7 Å². The fourth-order valence-corrected chi connectivity index (χ4v) is 19.1. The van der Waals surface area contributed by atoms with Crippen molar-refractivity contribution >= 4 is 151 Å². The van der Waals surface area contributed by atoms with Gasteiger partial charge in [-0.05, 0) is 281 Å². The Morgan fingerprint density at radius 3 is 0.923 bits per heavy atom. The Morgan fingerprint density at radius 2 is 0.669 bits per heavy atom. The van der Waals surface area contributed by atoms with E-state index in [0.717, 1.165) is 93.0 Å². The number of likely N-dealkylation sites (tertiary alicyclic amines) is 3. The van der Waals surface area contributed by atoms with Crippen molar-refractivity contribution in [3.8, 4) is 17.2 Å². The monoisotopic (exact) mass is 1910 g/mol. The fourth-order valence-electron chi connectivity index (χ4n) is 15.4. The van der Waals surface area contributed by atoms with Crippen LogP contribution in [0.15, 0.2) is 142 Å². The second-order valence-corrected chi connectivity index (χ2v) is 42.3. The van der Waals surface area contributed by atoms with Gasteiger partial charge in [-0.15, -0.1) is 0 Å². The molecule has 0 unspecified atom stereocenters. The molecule has 38 heteroatoms. The number of ether oxygens (including phenoxy) is 3. The summed E-state index contributed by atoms with van der Waals surface area (Å²) in [7, 11) is 1.04. The summed E-state index contributed by atoms with van der Waals surface area (Å²) in [6, 6.07) is 30.8. The Labute approximate surface area is 777 Å². The molecule has 0 saturated carbocycles. The smallest absolute Gasteiger partial charge is 0.341 e. The second-order valence-electron chi connectivity index (χ2n) is 34.2. The van der Waals surface area contributed by atoms with E-state index in [1.54, 1.807) is 83.3 Å². The highest BCUT2D eigenvalue weighted by molar-refractivity contribution is 7.92. The number of anilines is 12. The number of alkyl halides is 2. The van der Waals surface area contributed by atoms with Crippen molar-refractivity contribution in [3.05, 3.63) is 176 Å². The summed E-state index contributed by atoms with van der Waals surface area (Å²) in [5.74, 6) is 0.886. The molecule has 130 heavy (non-hydrogen) atoms. The van der Waals surface area contributed by atoms with Crippen molar-refractivity contribution in [2.24, 2.45) is 0 Å². The van der Waals surface area contributed by atoms with Gasteiger partial charge in [-0.25, -0.2) is 40.2 Å². The first-order valence-corrected chi connectivity index (χ1v) is 48.7. The SMILES string of the molecule is COc1cc(C2CCN(C(=O)CN(C)C)CC2)c(C)cc1Nc1ncc(Cl)c(Nc2ccccc2S(=O)(=O)C(C)C)n1.Cc1cc(Nc2ncc(Cl)c(Nc3ccccc3S(=O)(=O)C(C)C)n2)c(OC(C)C)cc1C1CCN(C(=O)CN(C)C)CC1.Cc1cc(Nc2ncc(Cl)c(Nc3ccccc3S(=O)(=O)C(F)F)n2)c(OC(C)C)cc1C1CCN(C(=O)CN(C)C)CC1. The van der Waals surface area contributed by atoms with Crippen LogP contribution in [0.2, 0.25) is 15.1 Å². The first-order chi connectivity index (χ1) is 61.4. The van der Waals surface area contributed by atoms with Crippen molar-refractivity contribution in [2.45, 2.75) is 176 Å². The number of benzene rings is 6. The number of para-hydroxylation sites is 3. The second kappa shape index (κ2) is 45.2. The molecule has 0 spiro atoms. The van der Waals surface area contributed by atoms with Crippen LogP contribution in [0, 0.1) is 20.8 Å². The zero-order chi connectivity index (χ0) is 95.0. The van der Waals surface area contributed by atoms with Crippen LogP contribution in [0.1, 0.15) is 145 Å². The van der Waals surface area contributed by atoms with Crippen LogP contribution in [-0.4, -0.2) is 239 Å². The molecule has 0 radical (unpaired) electrons. The number of carbonyl (C=O) groups is 3. The van der Waals surface area contributed by atoms with Crippen molar-refractivity contribution < 1.29 is 62.6 Å². The number of likely N-dealkylation sites (N-methyl/N-ethyl adjacent to an activating group) is 3. The van der Waals surface area contributed by atoms with Crippen molar-refractivity contribution in [3.63, 3.8) is 0 Å². The van der Waals surface area contributed by atoms with Crippen LogP contribution >= 0.6 is 34.8 Å². The Bertz CT molecular complexity index is 5610. The van der Waals surface area contributed by atoms with Crippen molar-refractivity contribution in [2.75, 3.05) is 140 Å². The van der Waals surface area contributed by atoms with E-state index >= 15 is 0 Å². The Hall–Kier alpha value is -10.4. The van der Waals surface area contributed by atoms with Crippen molar-refractivity contribution in [1.29, 1.82) is 0 Å². The minimum absolute atomic E-state index is 0.0244. The number of amides is 3. The van der Waals surface area contributed by atoms with Crippen LogP contribution < -0.4 is 46.1 Å². The number of piperidine rings is 3. The van der Waals surface area contributed by atoms with E-state index in [1.165, 1.54) is 47.9 Å². The molecule has 3 saturated heterocycles. The Balaban J connectivity index is 0.000000203. The first kappa shape index (κ1) is 102. The summed E-state index contributed by atoms with van der Waals surface area (Å²) in [5.41, 5.74) is 9.41. The van der Waals surface area contributed by atoms with Crippen LogP contribution in [0.5, 0.6) is 17.2 Å². The van der Waals surface area contributed by atoms with Gasteiger partial charge in [0.2, 0.25) is 45.4 Å². The largest absolute Gasteiger partial charge is 0.495 e. The molecule has 3 aromatic heterocycles. The molecule has 3 fully saturated rings. The van der Waals surface area contributed by atoms with Gasteiger partial charge in [-0.2, -0.15) is 23.7 Å². The molecule has 3 aliphatic rings. The lowest BCUT2D eigenvalue weighted by Crippen LogP contribution is -2.42. The molecule has 12 rings (SSSR count). The number of sulfone groups is 3. The molecule has 702 valence electrons. The fraction of sp³-hybridized carbons (Fsp3) is 0.446. The number of methoxy groups -OCH3 is 1. The molecule has 6 heterocycles. The molecule has 3 aliphatic heterocycles. The standard InChI is InChI=1S/C32H43ClN6O4S.C30H37ClF2N6O4S.C30H39ClN6O4S/c1-20(2)43-28-17-24(23-12-14-39(15-13-23)30(40)19-38(6)7)22(5)16-27(28)36-32-34-18-25(33)31(37-32)35-26-10-8-9-11-29(26)44(41,42)21(3)4;1-18(2)43-25-15-21(20-10-12-39(13-11-20)27(40)17-38(4)5)19(3)14-24(25)36-30-34-16-22(31)28(37-30)35-23-8-6-7-9-26(23)44(41,42)29(32)33;1-19(2)42(39,40)27-10-8-7-9-24(27)33-29-23(31)17-32-30(35-29)34-25-15-20(3)22(16-26(25)41-6)21-11-13-37(14-12-21)28(38)18-36(4)5/h8-11,16-18,20-21,23H,12-15,19H2,1-7H3,(H2,34,35,36,37);6-9,14-16,18,20,29H,10-13,17H2,1-5H3,(H2,34,35,36,37);7-10,15-17,19,21H,11-14,18H2,1-6H3,(H2,32,33,34,35). The third-order valence-corrected chi connectivity index (χ3v) is 28.7. The zero-order valence-electron chi connectivity index (χ0n) is 76.7. The predicted octanol–water partition coefficient (Wildman–Crippen LogP) is 17.5. The summed E-state index contributed by atoms with van der Waals surface area (Å²) in [4.78, 5) is 75.3. The Morgan fingerprint density at radius 1 is 0.408 bits per heavy atom. The van der Waals surface area contributed by atoms with Gasteiger partial charge in [-0.1, -0.05) is 71.2 Å². The van der Waals surface area contributed by atoms with E-state index in [4.69, 9.17) is 49.0 Å². The highest BCUT2D eigenvalue weighted by Crippen LogP contribution is 2.44. The molecule has 0 bridgehead atoms. The first-order valence-electron chi connectivity index (χ1n) is 43.0. The quantitative estimate of drug-likeness (QED) is 0.0228. The number of aromatic nitrogens is 6. The predicted molar refractivity (Wildman–Crippen MR) is 511 cm³/mol. The lowest BCUT2D eigenvalue weighted by atomic mass is 9.86.